The predicted octanol–water partition coefficient (Wildman–Crippen LogP) is 3.86. The number of nitrogens with zero attached hydrogens (tertiary/aromatic N) is 2. The molecule has 1 fully saturated rings. The molecule has 0 aliphatic carbocycles. The summed E-state index contributed by atoms with van der Waals surface area (Å²) in [6.45, 7) is 0. The highest BCUT2D eigenvalue weighted by molar-refractivity contribution is 6.51. The van der Waals surface area contributed by atoms with Gasteiger partial charge < -0.3 is 9.84 Å². The lowest BCUT2D eigenvalue weighted by Crippen LogP contribution is -2.30. The molecule has 0 radical (unpaired) electrons. The topological polar surface area (TPSA) is 79.7 Å². The molecule has 1 unspecified atom stereocenters. The molecule has 30 heavy (non-hydrogen) atoms. The van der Waals surface area contributed by atoms with Crippen molar-refractivity contribution in [2.75, 3.05) is 12.0 Å². The maximum Gasteiger partial charge on any atom is 0.301 e. The molecule has 1 aromatic heterocycles. The third kappa shape index (κ3) is 3.30. The minimum Gasteiger partial charge on any atom is -0.507 e. The number of ketones is 1. The van der Waals surface area contributed by atoms with Crippen LogP contribution in [0.4, 0.5) is 10.2 Å². The standard InChI is InChI=1S/C23H17FN2O4/c1-30-17-11-7-15(8-12-17)21(27)19-20(14-5-9-16(24)10-6-14)26(23(29)22(19)28)18-4-2-3-13-25-18/h2-13,20,27H,1H3/b21-19+. The molecule has 150 valence electrons. The molecule has 4 rings (SSSR count). The Morgan fingerprint density at radius 3 is 2.33 bits per heavy atom. The zero-order valence-corrected chi connectivity index (χ0v) is 15.9. The number of ether oxygens (including phenoxy) is 1. The van der Waals surface area contributed by atoms with Crippen molar-refractivity contribution < 1.29 is 23.8 Å². The van der Waals surface area contributed by atoms with Crippen LogP contribution < -0.4 is 9.64 Å². The van der Waals surface area contributed by atoms with Gasteiger partial charge >= 0.3 is 5.91 Å². The van der Waals surface area contributed by atoms with Gasteiger partial charge in [-0.2, -0.15) is 0 Å². The van der Waals surface area contributed by atoms with Crippen molar-refractivity contribution in [1.29, 1.82) is 0 Å². The zero-order valence-electron chi connectivity index (χ0n) is 15.9. The summed E-state index contributed by atoms with van der Waals surface area (Å²) in [6.07, 6.45) is 1.50. The van der Waals surface area contributed by atoms with Gasteiger partial charge in [0.2, 0.25) is 0 Å². The number of carbonyl (C=O) groups excluding carboxylic acids is 2. The molecule has 1 amide bonds. The number of benzene rings is 2. The van der Waals surface area contributed by atoms with E-state index in [0.717, 1.165) is 0 Å². The van der Waals surface area contributed by atoms with Crippen molar-refractivity contribution in [1.82, 2.24) is 4.98 Å². The average Bonchev–Trinajstić information content (AvgIpc) is 3.05. The molecule has 6 nitrogen and oxygen atoms in total. The molecule has 0 bridgehead atoms. The van der Waals surface area contributed by atoms with Crippen LogP contribution in [0, 0.1) is 5.82 Å². The molecule has 1 aliphatic rings. The van der Waals surface area contributed by atoms with Crippen molar-refractivity contribution in [2.45, 2.75) is 6.04 Å². The molecule has 2 aromatic carbocycles. The zero-order chi connectivity index (χ0) is 21.3. The third-order valence-electron chi connectivity index (χ3n) is 4.89. The van der Waals surface area contributed by atoms with Crippen molar-refractivity contribution >= 4 is 23.3 Å². The van der Waals surface area contributed by atoms with Crippen LogP contribution in [0.3, 0.4) is 0 Å². The van der Waals surface area contributed by atoms with Gasteiger partial charge in [0.1, 0.15) is 23.1 Å². The monoisotopic (exact) mass is 404 g/mol. The molecule has 2 heterocycles. The summed E-state index contributed by atoms with van der Waals surface area (Å²) in [7, 11) is 1.52. The first-order valence-corrected chi connectivity index (χ1v) is 9.13. The summed E-state index contributed by atoms with van der Waals surface area (Å²) in [5.41, 5.74) is 0.723. The fraction of sp³-hybridized carbons (Fsp3) is 0.0870. The van der Waals surface area contributed by atoms with E-state index >= 15 is 0 Å². The van der Waals surface area contributed by atoms with Gasteiger partial charge in [0, 0.05) is 11.8 Å². The van der Waals surface area contributed by atoms with Gasteiger partial charge in [-0.3, -0.25) is 14.5 Å². The summed E-state index contributed by atoms with van der Waals surface area (Å²) in [5, 5.41) is 11.0. The van der Waals surface area contributed by atoms with E-state index in [9.17, 15) is 19.1 Å². The largest absolute Gasteiger partial charge is 0.507 e. The Morgan fingerprint density at radius 1 is 1.03 bits per heavy atom. The first-order chi connectivity index (χ1) is 14.5. The van der Waals surface area contributed by atoms with Crippen molar-refractivity contribution in [3.63, 3.8) is 0 Å². The number of pyridine rings is 1. The Hall–Kier alpha value is -4.00. The second-order valence-electron chi connectivity index (χ2n) is 6.64. The summed E-state index contributed by atoms with van der Waals surface area (Å²) >= 11 is 0. The number of anilines is 1. The Kier molecular flexibility index (Phi) is 5.02. The molecule has 7 heteroatoms. The minimum absolute atomic E-state index is 0.0950. The van der Waals surface area contributed by atoms with Gasteiger partial charge in [-0.1, -0.05) is 18.2 Å². The van der Waals surface area contributed by atoms with E-state index < -0.39 is 23.5 Å². The summed E-state index contributed by atoms with van der Waals surface area (Å²) in [6, 6.07) is 15.9. The van der Waals surface area contributed by atoms with Gasteiger partial charge in [-0.25, -0.2) is 9.37 Å². The molecule has 1 aliphatic heterocycles. The van der Waals surface area contributed by atoms with Crippen molar-refractivity contribution in [3.8, 4) is 5.75 Å². The summed E-state index contributed by atoms with van der Waals surface area (Å²) in [5.74, 6) is -1.62. The molecule has 1 atom stereocenters. The Labute approximate surface area is 171 Å². The highest BCUT2D eigenvalue weighted by atomic mass is 19.1. The predicted molar refractivity (Wildman–Crippen MR) is 108 cm³/mol. The fourth-order valence-corrected chi connectivity index (χ4v) is 3.43. The highest BCUT2D eigenvalue weighted by Crippen LogP contribution is 2.41. The number of amides is 1. The van der Waals surface area contributed by atoms with E-state index in [4.69, 9.17) is 4.74 Å². The number of methoxy groups -OCH3 is 1. The first kappa shape index (κ1) is 19.3. The summed E-state index contributed by atoms with van der Waals surface area (Å²) < 4.78 is 18.6. The number of aliphatic hydroxyl groups is 1. The molecule has 0 spiro atoms. The SMILES string of the molecule is COc1ccc(/C(O)=C2\C(=O)C(=O)N(c3ccccn3)C2c2ccc(F)cc2)cc1. The van der Waals surface area contributed by atoms with Gasteiger partial charge in [-0.05, 0) is 54.1 Å². The second-order valence-corrected chi connectivity index (χ2v) is 6.64. The smallest absolute Gasteiger partial charge is 0.301 e. The van der Waals surface area contributed by atoms with E-state index in [1.807, 2.05) is 0 Å². The van der Waals surface area contributed by atoms with Crippen LogP contribution in [0.2, 0.25) is 0 Å². The van der Waals surface area contributed by atoms with Crippen LogP contribution in [0.5, 0.6) is 5.75 Å². The highest BCUT2D eigenvalue weighted by Gasteiger charge is 2.47. The second kappa shape index (κ2) is 7.79. The van der Waals surface area contributed by atoms with Crippen LogP contribution in [0.1, 0.15) is 17.2 Å². The fourth-order valence-electron chi connectivity index (χ4n) is 3.43. The van der Waals surface area contributed by atoms with Crippen molar-refractivity contribution in [3.05, 3.63) is 95.4 Å². The van der Waals surface area contributed by atoms with E-state index in [1.54, 1.807) is 42.5 Å². The molecule has 1 saturated heterocycles. The number of hydrogen-bond donors (Lipinski definition) is 1. The average molecular weight is 404 g/mol. The number of aliphatic hydroxyl groups excluding tert-OH is 1. The molecule has 1 N–H and O–H groups in total. The number of halogens is 1. The van der Waals surface area contributed by atoms with E-state index in [1.165, 1.54) is 42.5 Å². The molecular weight excluding hydrogens is 387 g/mol. The quantitative estimate of drug-likeness (QED) is 0.406. The Bertz CT molecular complexity index is 1130. The number of Topliss-reactive ketones (excluding diaryl/α,β-unsaturated/α-hetero) is 1. The van der Waals surface area contributed by atoms with Gasteiger partial charge in [0.15, 0.2) is 0 Å². The van der Waals surface area contributed by atoms with Crippen LogP contribution in [0.15, 0.2) is 78.5 Å². The summed E-state index contributed by atoms with van der Waals surface area (Å²) in [4.78, 5) is 31.2. The number of hydrogen-bond acceptors (Lipinski definition) is 5. The minimum atomic E-state index is -0.956. The van der Waals surface area contributed by atoms with Crippen molar-refractivity contribution in [2.24, 2.45) is 0 Å². The lowest BCUT2D eigenvalue weighted by atomic mass is 9.95. The van der Waals surface area contributed by atoms with E-state index in [2.05, 4.69) is 4.98 Å². The van der Waals surface area contributed by atoms with E-state index in [-0.39, 0.29) is 17.2 Å². The van der Waals surface area contributed by atoms with Crippen LogP contribution in [-0.4, -0.2) is 28.9 Å². The van der Waals surface area contributed by atoms with Crippen LogP contribution >= 0.6 is 0 Å². The first-order valence-electron chi connectivity index (χ1n) is 9.13. The van der Waals surface area contributed by atoms with E-state index in [0.29, 0.717) is 16.9 Å². The molecular formula is C23H17FN2O4. The molecule has 0 saturated carbocycles. The number of aromatic nitrogens is 1. The number of carbonyl (C=O) groups is 2. The maximum atomic E-state index is 13.5. The van der Waals surface area contributed by atoms with Gasteiger partial charge in [0.05, 0.1) is 18.7 Å². The third-order valence-corrected chi connectivity index (χ3v) is 4.89. The van der Waals surface area contributed by atoms with Crippen LogP contribution in [0.25, 0.3) is 5.76 Å². The molecule has 3 aromatic rings. The lowest BCUT2D eigenvalue weighted by Gasteiger charge is -2.24. The van der Waals surface area contributed by atoms with Gasteiger partial charge in [-0.15, -0.1) is 0 Å². The Balaban J connectivity index is 1.91. The maximum absolute atomic E-state index is 13.5. The number of rotatable bonds is 4. The lowest BCUT2D eigenvalue weighted by molar-refractivity contribution is -0.132. The van der Waals surface area contributed by atoms with Gasteiger partial charge in [0.25, 0.3) is 5.78 Å². The normalized spacial score (nSPS) is 17.9. The Morgan fingerprint density at radius 2 is 1.73 bits per heavy atom. The van der Waals surface area contributed by atoms with Crippen LogP contribution in [-0.2, 0) is 9.59 Å².